The number of aliphatic carboxylic acids is 1. The lowest BCUT2D eigenvalue weighted by Gasteiger charge is -1.94. The summed E-state index contributed by atoms with van der Waals surface area (Å²) in [6, 6.07) is 7.44. The van der Waals surface area contributed by atoms with Crippen molar-refractivity contribution in [2.75, 3.05) is 0 Å². The van der Waals surface area contributed by atoms with Crippen molar-refractivity contribution in [1.29, 1.82) is 0 Å². The van der Waals surface area contributed by atoms with Gasteiger partial charge in [0.1, 0.15) is 5.75 Å². The number of carboxylic acid groups (broad SMARTS) is 1. The molecule has 3 nitrogen and oxygen atoms in total. The van der Waals surface area contributed by atoms with E-state index in [1.807, 2.05) is 24.3 Å². The molecule has 2 rings (SSSR count). The number of para-hydroxylation sites is 1. The largest absolute Gasteiger partial charge is 0.478 e. The van der Waals surface area contributed by atoms with Gasteiger partial charge in [-0.2, -0.15) is 0 Å². The molecule has 0 saturated carbocycles. The van der Waals surface area contributed by atoms with Gasteiger partial charge in [-0.25, -0.2) is 4.79 Å². The van der Waals surface area contributed by atoms with E-state index in [4.69, 9.17) is 9.84 Å². The summed E-state index contributed by atoms with van der Waals surface area (Å²) in [7, 11) is 0. The number of ether oxygens (including phenoxy) is 1. The third-order valence-corrected chi connectivity index (χ3v) is 2.47. The van der Waals surface area contributed by atoms with Crippen LogP contribution in [-0.2, 0) is 4.79 Å². The third kappa shape index (κ3) is 1.67. The Labute approximate surface area is 79.0 Å². The Morgan fingerprint density at radius 2 is 2.23 bits per heavy atom. The van der Waals surface area contributed by atoms with E-state index in [2.05, 4.69) is 0 Å². The number of benzene rings is 1. The van der Waals surface area contributed by atoms with Crippen LogP contribution in [0.25, 0.3) is 0 Å². The van der Waals surface area contributed by atoms with Gasteiger partial charge in [0.2, 0.25) is 0 Å². The monoisotopic (exact) mass is 194 g/mol. The van der Waals surface area contributed by atoms with E-state index in [9.17, 15) is 4.79 Å². The number of hydrogen-bond donors (Lipinski definition) is 1. The first-order valence-electron chi connectivity index (χ1n) is 3.65. The molecule has 4 heteroatoms. The van der Waals surface area contributed by atoms with Crippen LogP contribution in [0.15, 0.2) is 40.3 Å². The van der Waals surface area contributed by atoms with Gasteiger partial charge in [-0.05, 0) is 23.9 Å². The van der Waals surface area contributed by atoms with Crippen molar-refractivity contribution in [2.45, 2.75) is 4.90 Å². The molecule has 66 valence electrons. The van der Waals surface area contributed by atoms with Gasteiger partial charge in [0, 0.05) is 0 Å². The lowest BCUT2D eigenvalue weighted by Crippen LogP contribution is -1.92. The highest BCUT2D eigenvalue weighted by atomic mass is 32.2. The Morgan fingerprint density at radius 1 is 1.46 bits per heavy atom. The minimum atomic E-state index is -0.990. The van der Waals surface area contributed by atoms with Gasteiger partial charge in [0.15, 0.2) is 5.09 Å². The molecule has 0 bridgehead atoms. The van der Waals surface area contributed by atoms with Crippen molar-refractivity contribution >= 4 is 17.7 Å². The van der Waals surface area contributed by atoms with Crippen molar-refractivity contribution < 1.29 is 14.6 Å². The first-order valence-corrected chi connectivity index (χ1v) is 4.47. The zero-order chi connectivity index (χ0) is 9.26. The van der Waals surface area contributed by atoms with E-state index in [1.165, 1.54) is 11.8 Å². The van der Waals surface area contributed by atoms with Crippen LogP contribution in [0.5, 0.6) is 5.75 Å². The Morgan fingerprint density at radius 3 is 2.92 bits per heavy atom. The van der Waals surface area contributed by atoms with Crippen LogP contribution >= 0.6 is 11.8 Å². The van der Waals surface area contributed by atoms with Crippen LogP contribution in [0.3, 0.4) is 0 Å². The summed E-state index contributed by atoms with van der Waals surface area (Å²) >= 11 is 1.32. The molecule has 1 aromatic carbocycles. The van der Waals surface area contributed by atoms with Crippen molar-refractivity contribution in [3.05, 3.63) is 35.4 Å². The van der Waals surface area contributed by atoms with E-state index >= 15 is 0 Å². The smallest absolute Gasteiger partial charge is 0.332 e. The fraction of sp³-hybridized carbons (Fsp3) is 0. The summed E-state index contributed by atoms with van der Waals surface area (Å²) in [5, 5.41) is 8.89. The molecule has 1 N–H and O–H groups in total. The van der Waals surface area contributed by atoms with Crippen LogP contribution in [0, 0.1) is 0 Å². The number of fused-ring (bicyclic) bond motifs is 1. The molecule has 0 aromatic heterocycles. The molecule has 1 aliphatic heterocycles. The summed E-state index contributed by atoms with van der Waals surface area (Å²) in [4.78, 5) is 11.3. The van der Waals surface area contributed by atoms with Gasteiger partial charge in [0.05, 0.1) is 11.0 Å². The maximum atomic E-state index is 10.3. The molecular weight excluding hydrogens is 188 g/mol. The number of rotatable bonds is 1. The first-order chi connectivity index (χ1) is 6.25. The molecule has 1 heterocycles. The van der Waals surface area contributed by atoms with Crippen molar-refractivity contribution in [3.8, 4) is 5.75 Å². The summed E-state index contributed by atoms with van der Waals surface area (Å²) in [6.45, 7) is 0. The molecule has 0 radical (unpaired) electrons. The topological polar surface area (TPSA) is 46.5 Å². The minimum absolute atomic E-state index is 0.411. The van der Waals surface area contributed by atoms with Gasteiger partial charge in [-0.3, -0.25) is 0 Å². The molecule has 13 heavy (non-hydrogen) atoms. The van der Waals surface area contributed by atoms with E-state index in [0.29, 0.717) is 5.09 Å². The van der Waals surface area contributed by atoms with Crippen LogP contribution in [0.2, 0.25) is 0 Å². The molecule has 0 spiro atoms. The summed E-state index contributed by atoms with van der Waals surface area (Å²) in [5.74, 6) is -0.268. The van der Waals surface area contributed by atoms with Gasteiger partial charge in [-0.15, -0.1) is 0 Å². The molecular formula is C9H6O3S. The van der Waals surface area contributed by atoms with Crippen LogP contribution in [-0.4, -0.2) is 11.1 Å². The molecule has 0 fully saturated rings. The van der Waals surface area contributed by atoms with Gasteiger partial charge in [0.25, 0.3) is 0 Å². The average molecular weight is 194 g/mol. The Kier molecular flexibility index (Phi) is 1.98. The lowest BCUT2D eigenvalue weighted by atomic mass is 10.3. The van der Waals surface area contributed by atoms with Gasteiger partial charge < -0.3 is 9.84 Å². The molecule has 0 unspecified atom stereocenters. The number of carbonyl (C=O) groups is 1. The van der Waals surface area contributed by atoms with E-state index in [1.54, 1.807) is 0 Å². The van der Waals surface area contributed by atoms with Crippen molar-refractivity contribution in [2.24, 2.45) is 0 Å². The predicted molar refractivity (Wildman–Crippen MR) is 48.6 cm³/mol. The Hall–Kier alpha value is -1.42. The van der Waals surface area contributed by atoms with Crippen LogP contribution in [0.4, 0.5) is 0 Å². The number of thioether (sulfide) groups is 1. The predicted octanol–water partition coefficient (Wildman–Crippen LogP) is 2.10. The van der Waals surface area contributed by atoms with E-state index in [-0.39, 0.29) is 0 Å². The second-order valence-electron chi connectivity index (χ2n) is 2.45. The highest BCUT2D eigenvalue weighted by Gasteiger charge is 2.17. The summed E-state index contributed by atoms with van der Waals surface area (Å²) < 4.78 is 5.26. The van der Waals surface area contributed by atoms with Crippen molar-refractivity contribution in [1.82, 2.24) is 0 Å². The normalized spacial score (nSPS) is 16.8. The second kappa shape index (κ2) is 3.14. The van der Waals surface area contributed by atoms with Gasteiger partial charge in [-0.1, -0.05) is 12.1 Å². The zero-order valence-electron chi connectivity index (χ0n) is 6.56. The third-order valence-electron chi connectivity index (χ3n) is 1.51. The quantitative estimate of drug-likeness (QED) is 0.695. The van der Waals surface area contributed by atoms with Crippen LogP contribution < -0.4 is 4.74 Å². The first kappa shape index (κ1) is 8.19. The molecule has 1 aromatic rings. The average Bonchev–Trinajstić information content (AvgIpc) is 2.44. The fourth-order valence-corrected chi connectivity index (χ4v) is 1.88. The Balaban J connectivity index is 2.28. The fourth-order valence-electron chi connectivity index (χ4n) is 1.02. The maximum absolute atomic E-state index is 10.3. The molecule has 0 aliphatic carbocycles. The lowest BCUT2D eigenvalue weighted by molar-refractivity contribution is -0.131. The molecule has 0 saturated heterocycles. The van der Waals surface area contributed by atoms with Crippen LogP contribution in [0.1, 0.15) is 0 Å². The van der Waals surface area contributed by atoms with E-state index < -0.39 is 5.97 Å². The summed E-state index contributed by atoms with van der Waals surface area (Å²) in [5.41, 5.74) is 0. The maximum Gasteiger partial charge on any atom is 0.332 e. The van der Waals surface area contributed by atoms with Gasteiger partial charge >= 0.3 is 5.97 Å². The Bertz CT molecular complexity index is 357. The SMILES string of the molecule is O=C(O)/C=C1/Oc2ccccc2S1. The molecule has 0 amide bonds. The summed E-state index contributed by atoms with van der Waals surface area (Å²) in [6.07, 6.45) is 1.06. The molecule has 0 atom stereocenters. The number of hydrogen-bond acceptors (Lipinski definition) is 3. The highest BCUT2D eigenvalue weighted by molar-refractivity contribution is 8.03. The second-order valence-corrected chi connectivity index (χ2v) is 3.50. The minimum Gasteiger partial charge on any atom is -0.478 e. The number of carboxylic acids is 1. The standard InChI is InChI=1S/C9H6O3S/c10-8(11)5-9-12-6-3-1-2-4-7(6)13-9/h1-5H,(H,10,11)/b9-5-. The van der Waals surface area contributed by atoms with Crippen molar-refractivity contribution in [3.63, 3.8) is 0 Å². The zero-order valence-corrected chi connectivity index (χ0v) is 7.38. The molecule has 1 aliphatic rings. The van der Waals surface area contributed by atoms with E-state index in [0.717, 1.165) is 16.7 Å². The highest BCUT2D eigenvalue weighted by Crippen LogP contribution is 2.42.